The summed E-state index contributed by atoms with van der Waals surface area (Å²) in [6.45, 7) is 1.68. The van der Waals surface area contributed by atoms with Crippen molar-refractivity contribution in [3.8, 4) is 0 Å². The number of carbonyl (C=O) groups is 1. The first-order valence-corrected chi connectivity index (χ1v) is 7.42. The molecule has 5 heteroatoms. The molecule has 1 unspecified atom stereocenters. The summed E-state index contributed by atoms with van der Waals surface area (Å²) < 4.78 is 13.0. The van der Waals surface area contributed by atoms with Gasteiger partial charge < -0.3 is 10.2 Å². The Morgan fingerprint density at radius 1 is 1.33 bits per heavy atom. The Balaban J connectivity index is 0.00000220. The predicted octanol–water partition coefficient (Wildman–Crippen LogP) is 3.30. The van der Waals surface area contributed by atoms with Gasteiger partial charge in [-0.3, -0.25) is 4.79 Å². The van der Waals surface area contributed by atoms with Gasteiger partial charge in [0.05, 0.1) is 6.04 Å². The second kappa shape index (κ2) is 9.00. The lowest BCUT2D eigenvalue weighted by atomic mass is 9.94. The smallest absolute Gasteiger partial charge is 0.223 e. The van der Waals surface area contributed by atoms with Crippen LogP contribution in [0.5, 0.6) is 0 Å². The molecule has 3 nitrogen and oxygen atoms in total. The van der Waals surface area contributed by atoms with Crippen molar-refractivity contribution in [1.29, 1.82) is 0 Å². The summed E-state index contributed by atoms with van der Waals surface area (Å²) >= 11 is 0. The van der Waals surface area contributed by atoms with E-state index in [1.807, 2.05) is 11.9 Å². The first-order valence-electron chi connectivity index (χ1n) is 7.42. The Labute approximate surface area is 132 Å². The van der Waals surface area contributed by atoms with Gasteiger partial charge in [0.2, 0.25) is 5.91 Å². The molecule has 1 saturated heterocycles. The molecule has 0 aliphatic carbocycles. The standard InChI is InChI=1S/C16H23FN2O.ClH/c1-18-11-4-6-16(20)19-12-3-2-5-15(19)13-7-9-14(17)10-8-13;/h7-10,15,18H,2-6,11-12H2,1H3;1H. The van der Waals surface area contributed by atoms with Crippen LogP contribution in [0.1, 0.15) is 43.7 Å². The fraction of sp³-hybridized carbons (Fsp3) is 0.562. The van der Waals surface area contributed by atoms with Crippen molar-refractivity contribution in [1.82, 2.24) is 10.2 Å². The molecule has 118 valence electrons. The van der Waals surface area contributed by atoms with E-state index in [4.69, 9.17) is 0 Å². The minimum atomic E-state index is -0.226. The van der Waals surface area contributed by atoms with Crippen LogP contribution in [0.3, 0.4) is 0 Å². The van der Waals surface area contributed by atoms with Crippen LogP contribution in [0, 0.1) is 5.82 Å². The second-order valence-corrected chi connectivity index (χ2v) is 5.36. The van der Waals surface area contributed by atoms with E-state index in [-0.39, 0.29) is 30.2 Å². The first kappa shape index (κ1) is 17.9. The van der Waals surface area contributed by atoms with E-state index >= 15 is 0 Å². The van der Waals surface area contributed by atoms with E-state index in [9.17, 15) is 9.18 Å². The molecule has 2 rings (SSSR count). The molecule has 0 radical (unpaired) electrons. The fourth-order valence-corrected chi connectivity index (χ4v) is 2.82. The molecule has 1 aromatic carbocycles. The Hall–Kier alpha value is -1.13. The van der Waals surface area contributed by atoms with Crippen LogP contribution in [0.2, 0.25) is 0 Å². The summed E-state index contributed by atoms with van der Waals surface area (Å²) in [6.07, 6.45) is 4.61. The topological polar surface area (TPSA) is 32.3 Å². The van der Waals surface area contributed by atoms with Crippen LogP contribution < -0.4 is 5.32 Å². The van der Waals surface area contributed by atoms with Crippen molar-refractivity contribution < 1.29 is 9.18 Å². The van der Waals surface area contributed by atoms with E-state index in [2.05, 4.69) is 5.32 Å². The molecule has 0 saturated carbocycles. The molecule has 1 heterocycles. The average Bonchev–Trinajstić information content (AvgIpc) is 2.48. The minimum Gasteiger partial charge on any atom is -0.336 e. The van der Waals surface area contributed by atoms with Crippen molar-refractivity contribution in [2.45, 2.75) is 38.1 Å². The van der Waals surface area contributed by atoms with E-state index in [1.165, 1.54) is 12.1 Å². The van der Waals surface area contributed by atoms with Gasteiger partial charge in [-0.15, -0.1) is 12.4 Å². The summed E-state index contributed by atoms with van der Waals surface area (Å²) in [6, 6.07) is 6.69. The third-order valence-corrected chi connectivity index (χ3v) is 3.90. The molecule has 1 amide bonds. The molecule has 1 aliphatic rings. The maximum absolute atomic E-state index is 13.0. The van der Waals surface area contributed by atoms with E-state index in [1.54, 1.807) is 12.1 Å². The zero-order valence-electron chi connectivity index (χ0n) is 12.5. The number of nitrogens with one attached hydrogen (secondary N) is 1. The van der Waals surface area contributed by atoms with Crippen molar-refractivity contribution in [2.24, 2.45) is 0 Å². The highest BCUT2D eigenvalue weighted by molar-refractivity contribution is 5.85. The summed E-state index contributed by atoms with van der Waals surface area (Å²) in [7, 11) is 1.90. The predicted molar refractivity (Wildman–Crippen MR) is 85.1 cm³/mol. The highest BCUT2D eigenvalue weighted by atomic mass is 35.5. The van der Waals surface area contributed by atoms with Gasteiger partial charge in [-0.2, -0.15) is 0 Å². The number of likely N-dealkylation sites (tertiary alicyclic amines) is 1. The quantitative estimate of drug-likeness (QED) is 0.846. The van der Waals surface area contributed by atoms with E-state index in [0.29, 0.717) is 6.42 Å². The van der Waals surface area contributed by atoms with Gasteiger partial charge in [0.25, 0.3) is 0 Å². The van der Waals surface area contributed by atoms with E-state index < -0.39 is 0 Å². The van der Waals surface area contributed by atoms with Crippen molar-refractivity contribution in [3.05, 3.63) is 35.6 Å². The molecular formula is C16H24ClFN2O. The highest BCUT2D eigenvalue weighted by Gasteiger charge is 2.27. The van der Waals surface area contributed by atoms with Crippen molar-refractivity contribution in [3.63, 3.8) is 0 Å². The largest absolute Gasteiger partial charge is 0.336 e. The Morgan fingerprint density at radius 3 is 2.71 bits per heavy atom. The Morgan fingerprint density at radius 2 is 2.05 bits per heavy atom. The normalized spacial score (nSPS) is 18.2. The number of hydrogen-bond acceptors (Lipinski definition) is 2. The fourth-order valence-electron chi connectivity index (χ4n) is 2.82. The number of amides is 1. The molecule has 0 aromatic heterocycles. The highest BCUT2D eigenvalue weighted by Crippen LogP contribution is 2.31. The second-order valence-electron chi connectivity index (χ2n) is 5.36. The van der Waals surface area contributed by atoms with Gasteiger partial charge in [0.15, 0.2) is 0 Å². The summed E-state index contributed by atoms with van der Waals surface area (Å²) in [5.41, 5.74) is 1.05. The molecule has 1 N–H and O–H groups in total. The molecule has 1 atom stereocenters. The SMILES string of the molecule is CNCCCC(=O)N1CCCCC1c1ccc(F)cc1.Cl. The van der Waals surface area contributed by atoms with Crippen LogP contribution in [0.25, 0.3) is 0 Å². The zero-order chi connectivity index (χ0) is 14.4. The third kappa shape index (κ3) is 4.97. The van der Waals surface area contributed by atoms with Gasteiger partial charge in [-0.05, 0) is 57.0 Å². The lowest BCUT2D eigenvalue weighted by Gasteiger charge is -2.36. The Bertz CT molecular complexity index is 438. The minimum absolute atomic E-state index is 0. The van der Waals surface area contributed by atoms with Gasteiger partial charge in [0.1, 0.15) is 5.82 Å². The lowest BCUT2D eigenvalue weighted by molar-refractivity contribution is -0.135. The lowest BCUT2D eigenvalue weighted by Crippen LogP contribution is -2.38. The van der Waals surface area contributed by atoms with Crippen LogP contribution >= 0.6 is 12.4 Å². The molecule has 1 fully saturated rings. The number of rotatable bonds is 5. The number of benzene rings is 1. The van der Waals surface area contributed by atoms with Gasteiger partial charge in [-0.1, -0.05) is 12.1 Å². The number of hydrogen-bond donors (Lipinski definition) is 1. The average molecular weight is 315 g/mol. The number of halogens is 2. The summed E-state index contributed by atoms with van der Waals surface area (Å²) in [5.74, 6) is -0.00858. The molecule has 0 spiro atoms. The monoisotopic (exact) mass is 314 g/mol. The summed E-state index contributed by atoms with van der Waals surface area (Å²) in [5, 5.41) is 3.06. The maximum atomic E-state index is 13.0. The Kier molecular flexibility index (Phi) is 7.68. The van der Waals surface area contributed by atoms with Crippen LogP contribution in [-0.2, 0) is 4.79 Å². The first-order chi connectivity index (χ1) is 9.72. The summed E-state index contributed by atoms with van der Waals surface area (Å²) in [4.78, 5) is 14.3. The van der Waals surface area contributed by atoms with Crippen molar-refractivity contribution in [2.75, 3.05) is 20.1 Å². The van der Waals surface area contributed by atoms with Gasteiger partial charge >= 0.3 is 0 Å². The zero-order valence-corrected chi connectivity index (χ0v) is 13.3. The van der Waals surface area contributed by atoms with Gasteiger partial charge in [0, 0.05) is 13.0 Å². The molecule has 21 heavy (non-hydrogen) atoms. The third-order valence-electron chi connectivity index (χ3n) is 3.90. The van der Waals surface area contributed by atoms with E-state index in [0.717, 1.165) is 44.3 Å². The number of carbonyl (C=O) groups excluding carboxylic acids is 1. The van der Waals surface area contributed by atoms with Crippen LogP contribution in [0.15, 0.2) is 24.3 Å². The van der Waals surface area contributed by atoms with Crippen LogP contribution in [-0.4, -0.2) is 30.9 Å². The number of nitrogens with zero attached hydrogens (tertiary/aromatic N) is 1. The molecule has 1 aliphatic heterocycles. The molecular weight excluding hydrogens is 291 g/mol. The van der Waals surface area contributed by atoms with Gasteiger partial charge in [-0.25, -0.2) is 4.39 Å². The van der Waals surface area contributed by atoms with Crippen molar-refractivity contribution >= 4 is 18.3 Å². The molecule has 0 bridgehead atoms. The number of piperidine rings is 1. The van der Waals surface area contributed by atoms with Crippen LogP contribution in [0.4, 0.5) is 4.39 Å². The maximum Gasteiger partial charge on any atom is 0.223 e. The molecule has 1 aromatic rings.